The average molecular weight is 273 g/mol. The maximum atomic E-state index is 12.1. The summed E-state index contributed by atoms with van der Waals surface area (Å²) in [6.45, 7) is 0.661. The molecule has 0 heterocycles. The fourth-order valence-corrected chi connectivity index (χ4v) is 1.56. The van der Waals surface area contributed by atoms with E-state index >= 15 is 0 Å². The van der Waals surface area contributed by atoms with E-state index < -0.39 is 24.5 Å². The highest BCUT2D eigenvalue weighted by Gasteiger charge is 2.38. The molecule has 0 bridgehead atoms. The van der Waals surface area contributed by atoms with Gasteiger partial charge in [-0.05, 0) is 12.5 Å². The number of benzene rings is 1. The van der Waals surface area contributed by atoms with Crippen molar-refractivity contribution in [1.82, 2.24) is 0 Å². The molecule has 0 saturated carbocycles. The lowest BCUT2D eigenvalue weighted by atomic mass is 9.92. The molecule has 6 heteroatoms. The molecule has 1 unspecified atom stereocenters. The molecule has 1 aromatic carbocycles. The highest BCUT2D eigenvalue weighted by molar-refractivity contribution is 5.82. The molecule has 2 N–H and O–H groups in total. The molecule has 0 spiro atoms. The molecule has 1 rings (SSSR count). The fraction of sp³-hybridized carbons (Fsp3) is 0.462. The molecule has 4 nitrogen and oxygen atoms in total. The van der Waals surface area contributed by atoms with E-state index in [-0.39, 0.29) is 13.2 Å². The summed E-state index contributed by atoms with van der Waals surface area (Å²) in [4.78, 5) is 11.9. The summed E-state index contributed by atoms with van der Waals surface area (Å²) < 4.78 is 33.9. The number of esters is 1. The van der Waals surface area contributed by atoms with Crippen molar-refractivity contribution in [3.05, 3.63) is 35.9 Å². The van der Waals surface area contributed by atoms with Crippen molar-refractivity contribution in [3.63, 3.8) is 0 Å². The van der Waals surface area contributed by atoms with E-state index in [4.69, 9.17) is 15.2 Å². The van der Waals surface area contributed by atoms with Gasteiger partial charge in [-0.1, -0.05) is 30.3 Å². The van der Waals surface area contributed by atoms with Crippen LogP contribution in [0.2, 0.25) is 0 Å². The summed E-state index contributed by atoms with van der Waals surface area (Å²) in [7, 11) is 0. The standard InChI is InChI=1S/C13H17F2NO3/c1-2-19-12(17)13(16,9-18-8-11(14)15)10-6-4-3-5-7-10/h3-7,11H,2,8-9,16H2,1H3. The van der Waals surface area contributed by atoms with Gasteiger partial charge < -0.3 is 15.2 Å². The topological polar surface area (TPSA) is 61.5 Å². The summed E-state index contributed by atoms with van der Waals surface area (Å²) in [5, 5.41) is 0. The summed E-state index contributed by atoms with van der Waals surface area (Å²) in [6, 6.07) is 8.41. The minimum absolute atomic E-state index is 0.152. The number of nitrogens with two attached hydrogens (primary N) is 1. The molecule has 0 aliphatic rings. The molecule has 1 aromatic rings. The van der Waals surface area contributed by atoms with Gasteiger partial charge in [-0.25, -0.2) is 13.6 Å². The van der Waals surface area contributed by atoms with Crippen LogP contribution < -0.4 is 5.73 Å². The summed E-state index contributed by atoms with van der Waals surface area (Å²) in [6.07, 6.45) is -2.61. The minimum atomic E-state index is -2.61. The van der Waals surface area contributed by atoms with E-state index in [1.54, 1.807) is 37.3 Å². The Kier molecular flexibility index (Phi) is 5.85. The smallest absolute Gasteiger partial charge is 0.333 e. The Balaban J connectivity index is 2.87. The van der Waals surface area contributed by atoms with Crippen LogP contribution in [0, 0.1) is 0 Å². The lowest BCUT2D eigenvalue weighted by Crippen LogP contribution is -2.50. The molecule has 106 valence electrons. The Morgan fingerprint density at radius 3 is 2.53 bits per heavy atom. The van der Waals surface area contributed by atoms with E-state index in [9.17, 15) is 13.6 Å². The molecule has 0 aliphatic heterocycles. The predicted octanol–water partition coefficient (Wildman–Crippen LogP) is 1.69. The van der Waals surface area contributed by atoms with E-state index in [0.717, 1.165) is 0 Å². The van der Waals surface area contributed by atoms with Crippen molar-refractivity contribution in [3.8, 4) is 0 Å². The SMILES string of the molecule is CCOC(=O)C(N)(COCC(F)F)c1ccccc1. The first-order valence-corrected chi connectivity index (χ1v) is 5.88. The highest BCUT2D eigenvalue weighted by atomic mass is 19.3. The Morgan fingerprint density at radius 2 is 2.00 bits per heavy atom. The van der Waals surface area contributed by atoms with E-state index in [2.05, 4.69) is 0 Å². The third kappa shape index (κ3) is 4.25. The number of hydrogen-bond acceptors (Lipinski definition) is 4. The van der Waals surface area contributed by atoms with E-state index in [1.165, 1.54) is 0 Å². The van der Waals surface area contributed by atoms with Gasteiger partial charge in [0.25, 0.3) is 6.43 Å². The predicted molar refractivity (Wildman–Crippen MR) is 65.8 cm³/mol. The number of hydrogen-bond donors (Lipinski definition) is 1. The summed E-state index contributed by atoms with van der Waals surface area (Å²) in [5.74, 6) is -0.699. The van der Waals surface area contributed by atoms with Crippen molar-refractivity contribution in [1.29, 1.82) is 0 Å². The van der Waals surface area contributed by atoms with Crippen molar-refractivity contribution < 1.29 is 23.0 Å². The monoisotopic (exact) mass is 273 g/mol. The molecule has 1 atom stereocenters. The van der Waals surface area contributed by atoms with Gasteiger partial charge >= 0.3 is 5.97 Å². The van der Waals surface area contributed by atoms with Crippen LogP contribution in [0.25, 0.3) is 0 Å². The number of ether oxygens (including phenoxy) is 2. The van der Waals surface area contributed by atoms with Crippen molar-refractivity contribution >= 4 is 5.97 Å². The van der Waals surface area contributed by atoms with Gasteiger partial charge in [0.2, 0.25) is 0 Å². The van der Waals surface area contributed by atoms with Gasteiger partial charge in [-0.2, -0.15) is 0 Å². The van der Waals surface area contributed by atoms with Crippen LogP contribution in [0.4, 0.5) is 8.78 Å². The molecular weight excluding hydrogens is 256 g/mol. The van der Waals surface area contributed by atoms with Crippen molar-refractivity contribution in [2.75, 3.05) is 19.8 Å². The first-order valence-electron chi connectivity index (χ1n) is 5.88. The number of alkyl halides is 2. The molecule has 19 heavy (non-hydrogen) atoms. The van der Waals surface area contributed by atoms with Crippen LogP contribution in [-0.2, 0) is 19.8 Å². The number of rotatable bonds is 7. The fourth-order valence-electron chi connectivity index (χ4n) is 1.56. The Bertz CT molecular complexity index is 400. The van der Waals surface area contributed by atoms with Gasteiger partial charge in [0.15, 0.2) is 5.54 Å². The van der Waals surface area contributed by atoms with E-state index in [0.29, 0.717) is 5.56 Å². The first kappa shape index (κ1) is 15.5. The van der Waals surface area contributed by atoms with Crippen LogP contribution in [0.15, 0.2) is 30.3 Å². The third-order valence-electron chi connectivity index (χ3n) is 2.50. The molecule has 0 amide bonds. The number of halogens is 2. The largest absolute Gasteiger partial charge is 0.464 e. The van der Waals surface area contributed by atoms with Crippen LogP contribution in [-0.4, -0.2) is 32.2 Å². The molecular formula is C13H17F2NO3. The first-order chi connectivity index (χ1) is 9.00. The quantitative estimate of drug-likeness (QED) is 0.768. The van der Waals surface area contributed by atoms with Crippen LogP contribution in [0.3, 0.4) is 0 Å². The van der Waals surface area contributed by atoms with Crippen molar-refractivity contribution in [2.24, 2.45) is 5.73 Å². The highest BCUT2D eigenvalue weighted by Crippen LogP contribution is 2.21. The zero-order valence-corrected chi connectivity index (χ0v) is 10.6. The van der Waals surface area contributed by atoms with Gasteiger partial charge in [0.1, 0.15) is 6.61 Å². The van der Waals surface area contributed by atoms with Crippen LogP contribution in [0.1, 0.15) is 12.5 Å². The zero-order valence-electron chi connectivity index (χ0n) is 10.6. The molecule has 0 radical (unpaired) electrons. The van der Waals surface area contributed by atoms with Crippen LogP contribution in [0.5, 0.6) is 0 Å². The summed E-state index contributed by atoms with van der Waals surface area (Å²) >= 11 is 0. The third-order valence-corrected chi connectivity index (χ3v) is 2.50. The normalized spacial score (nSPS) is 14.2. The van der Waals surface area contributed by atoms with Gasteiger partial charge in [-0.3, -0.25) is 0 Å². The lowest BCUT2D eigenvalue weighted by molar-refractivity contribution is -0.153. The second-order valence-corrected chi connectivity index (χ2v) is 3.96. The lowest BCUT2D eigenvalue weighted by Gasteiger charge is -2.27. The molecule has 0 aliphatic carbocycles. The van der Waals surface area contributed by atoms with Crippen molar-refractivity contribution in [2.45, 2.75) is 18.9 Å². The van der Waals surface area contributed by atoms with Gasteiger partial charge in [-0.15, -0.1) is 0 Å². The number of carbonyl (C=O) groups is 1. The Labute approximate surface area is 110 Å². The van der Waals surface area contributed by atoms with Gasteiger partial charge in [0.05, 0.1) is 13.2 Å². The summed E-state index contributed by atoms with van der Waals surface area (Å²) in [5.41, 5.74) is 4.87. The zero-order chi connectivity index (χ0) is 14.3. The maximum absolute atomic E-state index is 12.1. The van der Waals surface area contributed by atoms with E-state index in [1.807, 2.05) is 0 Å². The Morgan fingerprint density at radius 1 is 1.37 bits per heavy atom. The molecule has 0 saturated heterocycles. The average Bonchev–Trinajstić information content (AvgIpc) is 2.39. The minimum Gasteiger partial charge on any atom is -0.464 e. The molecule has 0 aromatic heterocycles. The molecule has 0 fully saturated rings. The second kappa shape index (κ2) is 7.16. The van der Waals surface area contributed by atoms with Crippen LogP contribution >= 0.6 is 0 Å². The Hall–Kier alpha value is -1.53. The number of carbonyl (C=O) groups excluding carboxylic acids is 1. The van der Waals surface area contributed by atoms with Gasteiger partial charge in [0, 0.05) is 0 Å². The second-order valence-electron chi connectivity index (χ2n) is 3.96. The maximum Gasteiger partial charge on any atom is 0.333 e.